The molecule has 90 valence electrons. The number of nitrogens with zero attached hydrogens (tertiary/aromatic N) is 2. The van der Waals surface area contributed by atoms with Gasteiger partial charge >= 0.3 is 0 Å². The van der Waals surface area contributed by atoms with E-state index in [9.17, 15) is 0 Å². The maximum atomic E-state index is 8.98. The summed E-state index contributed by atoms with van der Waals surface area (Å²) in [7, 11) is 0. The van der Waals surface area contributed by atoms with Crippen LogP contribution in [0, 0.1) is 17.2 Å². The van der Waals surface area contributed by atoms with Gasteiger partial charge in [0, 0.05) is 12.2 Å². The maximum Gasteiger partial charge on any atom is 0.163 e. The zero-order chi connectivity index (χ0) is 12.1. The predicted octanol–water partition coefficient (Wildman–Crippen LogP) is 1.75. The van der Waals surface area contributed by atoms with Gasteiger partial charge in [-0.1, -0.05) is 0 Å². The molecule has 17 heavy (non-hydrogen) atoms. The van der Waals surface area contributed by atoms with Crippen molar-refractivity contribution in [2.75, 3.05) is 18.4 Å². The third kappa shape index (κ3) is 2.95. The quantitative estimate of drug-likeness (QED) is 0.830. The zero-order valence-corrected chi connectivity index (χ0v) is 10.1. The normalized spacial score (nSPS) is 21.5. The summed E-state index contributed by atoms with van der Waals surface area (Å²) in [6, 6.07) is 6.25. The van der Waals surface area contributed by atoms with Gasteiger partial charge in [-0.2, -0.15) is 5.26 Å². The van der Waals surface area contributed by atoms with Crippen LogP contribution in [0.2, 0.25) is 0 Å². The first-order valence-electron chi connectivity index (χ1n) is 6.13. The van der Waals surface area contributed by atoms with E-state index in [-0.39, 0.29) is 0 Å². The molecule has 2 rings (SSSR count). The topological polar surface area (TPSA) is 60.7 Å². The van der Waals surface area contributed by atoms with Crippen LogP contribution in [0.25, 0.3) is 0 Å². The van der Waals surface area contributed by atoms with Crippen LogP contribution in [0.3, 0.4) is 0 Å². The van der Waals surface area contributed by atoms with Crippen LogP contribution < -0.4 is 10.6 Å². The molecule has 0 saturated carbocycles. The van der Waals surface area contributed by atoms with E-state index < -0.39 is 0 Å². The number of nitrogens with one attached hydrogen (secondary N) is 2. The first kappa shape index (κ1) is 11.9. The van der Waals surface area contributed by atoms with E-state index in [1.807, 2.05) is 12.1 Å². The Morgan fingerprint density at radius 1 is 1.65 bits per heavy atom. The van der Waals surface area contributed by atoms with Crippen molar-refractivity contribution in [1.82, 2.24) is 10.3 Å². The molecule has 2 unspecified atom stereocenters. The molecule has 1 aromatic rings. The molecule has 1 aromatic heterocycles. The van der Waals surface area contributed by atoms with E-state index in [0.29, 0.717) is 17.7 Å². The first-order valence-corrected chi connectivity index (χ1v) is 6.13. The summed E-state index contributed by atoms with van der Waals surface area (Å²) in [6.07, 6.45) is 4.12. The summed E-state index contributed by atoms with van der Waals surface area (Å²) in [5.74, 6) is 0.621. The Hall–Kier alpha value is -1.60. The molecule has 0 aromatic carbocycles. The Morgan fingerprint density at radius 3 is 3.24 bits per heavy atom. The van der Waals surface area contributed by atoms with Crippen molar-refractivity contribution >= 4 is 5.69 Å². The average Bonchev–Trinajstić information content (AvgIpc) is 2.40. The molecule has 4 heteroatoms. The minimum Gasteiger partial charge on any atom is -0.380 e. The van der Waals surface area contributed by atoms with Crippen LogP contribution in [0.15, 0.2) is 18.3 Å². The third-order valence-corrected chi connectivity index (χ3v) is 3.34. The van der Waals surface area contributed by atoms with Crippen LogP contribution in [-0.2, 0) is 0 Å². The molecule has 0 bridgehead atoms. The van der Waals surface area contributed by atoms with Gasteiger partial charge in [-0.25, -0.2) is 4.98 Å². The number of anilines is 1. The highest BCUT2D eigenvalue weighted by Gasteiger charge is 2.20. The first-order chi connectivity index (χ1) is 8.31. The number of piperidine rings is 1. The Balaban J connectivity index is 2.02. The van der Waals surface area contributed by atoms with Crippen LogP contribution >= 0.6 is 0 Å². The van der Waals surface area contributed by atoms with Gasteiger partial charge in [0.15, 0.2) is 5.69 Å². The van der Waals surface area contributed by atoms with Crippen LogP contribution in [-0.4, -0.2) is 24.1 Å². The predicted molar refractivity (Wildman–Crippen MR) is 67.6 cm³/mol. The number of aromatic nitrogens is 1. The van der Waals surface area contributed by atoms with Crippen LogP contribution in [0.4, 0.5) is 5.69 Å². The van der Waals surface area contributed by atoms with E-state index in [0.717, 1.165) is 18.8 Å². The fourth-order valence-corrected chi connectivity index (χ4v) is 2.28. The molecule has 4 nitrogen and oxygen atoms in total. The van der Waals surface area contributed by atoms with Gasteiger partial charge in [0.1, 0.15) is 6.07 Å². The summed E-state index contributed by atoms with van der Waals surface area (Å²) in [6.45, 7) is 4.35. The van der Waals surface area contributed by atoms with E-state index in [1.54, 1.807) is 6.20 Å². The van der Waals surface area contributed by atoms with E-state index in [2.05, 4.69) is 28.6 Å². The Bertz CT molecular complexity index is 404. The highest BCUT2D eigenvalue weighted by molar-refractivity contribution is 5.53. The molecule has 1 aliphatic heterocycles. The van der Waals surface area contributed by atoms with Crippen molar-refractivity contribution in [3.8, 4) is 6.07 Å². The lowest BCUT2D eigenvalue weighted by Gasteiger charge is -2.29. The van der Waals surface area contributed by atoms with Crippen molar-refractivity contribution in [2.45, 2.75) is 25.8 Å². The van der Waals surface area contributed by atoms with Crippen molar-refractivity contribution in [3.05, 3.63) is 24.0 Å². The second kappa shape index (κ2) is 5.65. The summed E-state index contributed by atoms with van der Waals surface area (Å²) in [5, 5.41) is 15.8. The highest BCUT2D eigenvalue weighted by atomic mass is 15.0. The molecule has 2 N–H and O–H groups in total. The van der Waals surface area contributed by atoms with Crippen molar-refractivity contribution in [1.29, 1.82) is 5.26 Å². The fourth-order valence-electron chi connectivity index (χ4n) is 2.28. The Morgan fingerprint density at radius 2 is 2.53 bits per heavy atom. The molecule has 0 spiro atoms. The summed E-state index contributed by atoms with van der Waals surface area (Å²) in [4.78, 5) is 4.06. The third-order valence-electron chi connectivity index (χ3n) is 3.34. The van der Waals surface area contributed by atoms with E-state index in [1.165, 1.54) is 12.8 Å². The summed E-state index contributed by atoms with van der Waals surface area (Å²) >= 11 is 0. The SMILES string of the molecule is CC(Nc1cccnc1C#N)C1CCCNC1. The van der Waals surface area contributed by atoms with E-state index in [4.69, 9.17) is 5.26 Å². The maximum absolute atomic E-state index is 8.98. The molecule has 1 fully saturated rings. The lowest BCUT2D eigenvalue weighted by molar-refractivity contribution is 0.347. The number of hydrogen-bond acceptors (Lipinski definition) is 4. The van der Waals surface area contributed by atoms with Crippen molar-refractivity contribution in [2.24, 2.45) is 5.92 Å². The van der Waals surface area contributed by atoms with Crippen LogP contribution in [0.5, 0.6) is 0 Å². The molecule has 2 heterocycles. The van der Waals surface area contributed by atoms with Crippen molar-refractivity contribution in [3.63, 3.8) is 0 Å². The molecule has 2 atom stereocenters. The largest absolute Gasteiger partial charge is 0.380 e. The standard InChI is InChI=1S/C13H18N4/c1-10(11-4-2-6-15-9-11)17-12-5-3-7-16-13(12)8-14/h3,5,7,10-11,15,17H,2,4,6,9H2,1H3. The monoisotopic (exact) mass is 230 g/mol. The summed E-state index contributed by atoms with van der Waals surface area (Å²) in [5.41, 5.74) is 1.32. The molecular weight excluding hydrogens is 212 g/mol. The lowest BCUT2D eigenvalue weighted by atomic mass is 9.92. The number of rotatable bonds is 3. The lowest BCUT2D eigenvalue weighted by Crippen LogP contribution is -2.38. The Labute approximate surface area is 102 Å². The van der Waals surface area contributed by atoms with Gasteiger partial charge in [-0.15, -0.1) is 0 Å². The number of hydrogen-bond donors (Lipinski definition) is 2. The number of pyridine rings is 1. The van der Waals surface area contributed by atoms with Crippen molar-refractivity contribution < 1.29 is 0 Å². The average molecular weight is 230 g/mol. The smallest absolute Gasteiger partial charge is 0.163 e. The van der Waals surface area contributed by atoms with Gasteiger partial charge in [0.2, 0.25) is 0 Å². The summed E-state index contributed by atoms with van der Waals surface area (Å²) < 4.78 is 0. The minimum atomic E-state index is 0.360. The molecular formula is C13H18N4. The van der Waals surface area contributed by atoms with Gasteiger partial charge in [0.25, 0.3) is 0 Å². The molecule has 0 aliphatic carbocycles. The van der Waals surface area contributed by atoms with Gasteiger partial charge < -0.3 is 10.6 Å². The van der Waals surface area contributed by atoms with Gasteiger partial charge in [0.05, 0.1) is 5.69 Å². The highest BCUT2D eigenvalue weighted by Crippen LogP contribution is 2.19. The van der Waals surface area contributed by atoms with Crippen LogP contribution in [0.1, 0.15) is 25.5 Å². The minimum absolute atomic E-state index is 0.360. The van der Waals surface area contributed by atoms with Gasteiger partial charge in [-0.05, 0) is 50.9 Å². The zero-order valence-electron chi connectivity index (χ0n) is 10.1. The van der Waals surface area contributed by atoms with Gasteiger partial charge in [-0.3, -0.25) is 0 Å². The fraction of sp³-hybridized carbons (Fsp3) is 0.538. The number of nitriles is 1. The second-order valence-electron chi connectivity index (χ2n) is 4.55. The molecule has 0 amide bonds. The van der Waals surface area contributed by atoms with E-state index >= 15 is 0 Å². The molecule has 1 saturated heterocycles. The molecule has 0 radical (unpaired) electrons. The Kier molecular flexibility index (Phi) is 3.94. The second-order valence-corrected chi connectivity index (χ2v) is 4.55. The molecule has 1 aliphatic rings.